The van der Waals surface area contributed by atoms with Gasteiger partial charge in [0.05, 0.1) is 5.69 Å². The molecule has 86 valence electrons. The summed E-state index contributed by atoms with van der Waals surface area (Å²) in [5.41, 5.74) is 2.50. The summed E-state index contributed by atoms with van der Waals surface area (Å²) in [7, 11) is 2.02. The van der Waals surface area contributed by atoms with E-state index in [1.165, 1.54) is 11.4 Å². The van der Waals surface area contributed by atoms with Crippen molar-refractivity contribution < 1.29 is 0 Å². The number of alkyl halides is 1. The van der Waals surface area contributed by atoms with Crippen molar-refractivity contribution >= 4 is 11.6 Å². The maximum absolute atomic E-state index is 5.99. The van der Waals surface area contributed by atoms with Crippen LogP contribution in [0.5, 0.6) is 0 Å². The van der Waals surface area contributed by atoms with Gasteiger partial charge in [-0.05, 0) is 38.2 Å². The summed E-state index contributed by atoms with van der Waals surface area (Å²) in [5, 5.41) is 4.71. The molecular weight excluding hydrogens is 208 g/mol. The fraction of sp³-hybridized carbons (Fsp3) is 0.750. The van der Waals surface area contributed by atoms with Gasteiger partial charge in [-0.15, -0.1) is 11.6 Å². The van der Waals surface area contributed by atoms with Crippen LogP contribution in [0.4, 0.5) is 0 Å². The zero-order valence-electron chi connectivity index (χ0n) is 10.1. The Bertz CT molecular complexity index is 305. The molecule has 0 aliphatic rings. The lowest BCUT2D eigenvalue weighted by atomic mass is 10.00. The quantitative estimate of drug-likeness (QED) is 0.708. The molecule has 2 nitrogen and oxygen atoms in total. The Balaban J connectivity index is 2.59. The van der Waals surface area contributed by atoms with Gasteiger partial charge in [0.2, 0.25) is 0 Å². The van der Waals surface area contributed by atoms with Crippen LogP contribution < -0.4 is 0 Å². The minimum atomic E-state index is 0.263. The molecule has 2 unspecified atom stereocenters. The number of halogens is 1. The lowest BCUT2D eigenvalue weighted by Crippen LogP contribution is -2.08. The van der Waals surface area contributed by atoms with Gasteiger partial charge in [0.15, 0.2) is 0 Å². The Labute approximate surface area is 97.6 Å². The number of hydrogen-bond acceptors (Lipinski definition) is 1. The molecule has 1 heterocycles. The molecule has 0 fully saturated rings. The van der Waals surface area contributed by atoms with Crippen LogP contribution in [0.1, 0.15) is 38.6 Å². The molecule has 0 saturated heterocycles. The van der Waals surface area contributed by atoms with Gasteiger partial charge in [0.1, 0.15) is 0 Å². The van der Waals surface area contributed by atoms with Gasteiger partial charge in [-0.1, -0.05) is 13.8 Å². The third-order valence-corrected chi connectivity index (χ3v) is 2.85. The van der Waals surface area contributed by atoms with E-state index in [4.69, 9.17) is 11.6 Å². The van der Waals surface area contributed by atoms with E-state index in [1.54, 1.807) is 0 Å². The van der Waals surface area contributed by atoms with Gasteiger partial charge in [-0.3, -0.25) is 4.68 Å². The lowest BCUT2D eigenvalue weighted by Gasteiger charge is -2.12. The average molecular weight is 229 g/mol. The summed E-state index contributed by atoms with van der Waals surface area (Å²) in [5.74, 6) is 0.623. The highest BCUT2D eigenvalue weighted by Gasteiger charge is 2.11. The molecule has 15 heavy (non-hydrogen) atoms. The number of hydrogen-bond donors (Lipinski definition) is 0. The monoisotopic (exact) mass is 228 g/mol. The number of nitrogens with zero attached hydrogens (tertiary/aromatic N) is 2. The second-order valence-corrected chi connectivity index (χ2v) is 5.17. The molecule has 0 N–H and O–H groups in total. The molecule has 2 atom stereocenters. The van der Waals surface area contributed by atoms with Crippen molar-refractivity contribution in [3.63, 3.8) is 0 Å². The fourth-order valence-electron chi connectivity index (χ4n) is 1.93. The first kappa shape index (κ1) is 12.6. The smallest absolute Gasteiger partial charge is 0.0624 e. The Morgan fingerprint density at radius 1 is 1.47 bits per heavy atom. The second-order valence-electron chi connectivity index (χ2n) is 4.43. The molecule has 0 saturated carbocycles. The summed E-state index contributed by atoms with van der Waals surface area (Å²) >= 11 is 5.99. The number of aryl methyl sites for hydroxylation is 2. The van der Waals surface area contributed by atoms with Gasteiger partial charge in [-0.2, -0.15) is 5.10 Å². The SMILES string of the molecule is CCc1cc(CC(C)CC(C)Cl)n(C)n1. The Hall–Kier alpha value is -0.500. The zero-order chi connectivity index (χ0) is 11.4. The molecule has 0 amide bonds. The van der Waals surface area contributed by atoms with Gasteiger partial charge >= 0.3 is 0 Å². The third kappa shape index (κ3) is 3.86. The van der Waals surface area contributed by atoms with Gasteiger partial charge < -0.3 is 0 Å². The summed E-state index contributed by atoms with van der Waals surface area (Å²) < 4.78 is 1.99. The Morgan fingerprint density at radius 2 is 2.13 bits per heavy atom. The van der Waals surface area contributed by atoms with E-state index >= 15 is 0 Å². The third-order valence-electron chi connectivity index (χ3n) is 2.67. The van der Waals surface area contributed by atoms with E-state index in [0.717, 1.165) is 19.3 Å². The first-order chi connectivity index (χ1) is 7.02. The topological polar surface area (TPSA) is 17.8 Å². The van der Waals surface area contributed by atoms with Crippen LogP contribution in [-0.2, 0) is 19.9 Å². The van der Waals surface area contributed by atoms with Gasteiger partial charge in [0.25, 0.3) is 0 Å². The minimum absolute atomic E-state index is 0.263. The number of rotatable bonds is 5. The molecule has 0 aromatic carbocycles. The van der Waals surface area contributed by atoms with E-state index in [2.05, 4.69) is 31.9 Å². The summed E-state index contributed by atoms with van der Waals surface area (Å²) in [6, 6.07) is 2.20. The highest BCUT2D eigenvalue weighted by atomic mass is 35.5. The minimum Gasteiger partial charge on any atom is -0.272 e. The van der Waals surface area contributed by atoms with Gasteiger partial charge in [0, 0.05) is 18.1 Å². The van der Waals surface area contributed by atoms with E-state index < -0.39 is 0 Å². The van der Waals surface area contributed by atoms with Crippen LogP contribution in [0.15, 0.2) is 6.07 Å². The molecule has 3 heteroatoms. The van der Waals surface area contributed by atoms with Crippen LogP contribution >= 0.6 is 11.6 Å². The van der Waals surface area contributed by atoms with Crippen molar-refractivity contribution in [1.29, 1.82) is 0 Å². The van der Waals surface area contributed by atoms with Crippen molar-refractivity contribution in [1.82, 2.24) is 9.78 Å². The van der Waals surface area contributed by atoms with Gasteiger partial charge in [-0.25, -0.2) is 0 Å². The van der Waals surface area contributed by atoms with Crippen molar-refractivity contribution in [3.05, 3.63) is 17.5 Å². The molecule has 0 radical (unpaired) electrons. The van der Waals surface area contributed by atoms with Crippen molar-refractivity contribution in [2.45, 2.75) is 45.4 Å². The largest absolute Gasteiger partial charge is 0.272 e. The Kier molecular flexibility index (Phi) is 4.65. The van der Waals surface area contributed by atoms with Crippen molar-refractivity contribution in [3.8, 4) is 0 Å². The molecule has 0 aliphatic carbocycles. The highest BCUT2D eigenvalue weighted by molar-refractivity contribution is 6.20. The van der Waals surface area contributed by atoms with E-state index in [1.807, 2.05) is 11.7 Å². The number of aromatic nitrogens is 2. The average Bonchev–Trinajstić information content (AvgIpc) is 2.46. The first-order valence-corrected chi connectivity index (χ1v) is 6.12. The maximum Gasteiger partial charge on any atom is 0.0624 e. The normalized spacial score (nSPS) is 15.3. The molecule has 0 bridgehead atoms. The standard InChI is InChI=1S/C12H21ClN2/c1-5-11-8-12(15(4)14-11)7-9(2)6-10(3)13/h8-10H,5-7H2,1-4H3. The summed E-state index contributed by atoms with van der Waals surface area (Å²) in [4.78, 5) is 0. The molecule has 1 rings (SSSR count). The molecular formula is C12H21ClN2. The predicted molar refractivity (Wildman–Crippen MR) is 65.4 cm³/mol. The molecule has 1 aromatic rings. The summed E-state index contributed by atoms with van der Waals surface area (Å²) in [6.45, 7) is 6.44. The van der Waals surface area contributed by atoms with E-state index in [9.17, 15) is 0 Å². The maximum atomic E-state index is 5.99. The predicted octanol–water partition coefficient (Wildman–Crippen LogP) is 3.18. The van der Waals surface area contributed by atoms with Crippen molar-refractivity contribution in [2.24, 2.45) is 13.0 Å². The van der Waals surface area contributed by atoms with Crippen LogP contribution in [0, 0.1) is 5.92 Å². The second kappa shape index (κ2) is 5.55. The molecule has 0 spiro atoms. The van der Waals surface area contributed by atoms with Crippen LogP contribution in [0.3, 0.4) is 0 Å². The first-order valence-electron chi connectivity index (χ1n) is 5.68. The van der Waals surface area contributed by atoms with E-state index in [-0.39, 0.29) is 5.38 Å². The fourth-order valence-corrected chi connectivity index (χ4v) is 2.23. The molecule has 1 aromatic heterocycles. The van der Waals surface area contributed by atoms with Crippen LogP contribution in [0.2, 0.25) is 0 Å². The van der Waals surface area contributed by atoms with E-state index in [0.29, 0.717) is 5.92 Å². The highest BCUT2D eigenvalue weighted by Crippen LogP contribution is 2.16. The van der Waals surface area contributed by atoms with Crippen molar-refractivity contribution in [2.75, 3.05) is 0 Å². The summed E-state index contributed by atoms with van der Waals surface area (Å²) in [6.07, 6.45) is 3.14. The molecule has 0 aliphatic heterocycles. The Morgan fingerprint density at radius 3 is 2.60 bits per heavy atom. The zero-order valence-corrected chi connectivity index (χ0v) is 10.9. The lowest BCUT2D eigenvalue weighted by molar-refractivity contribution is 0.506. The van der Waals surface area contributed by atoms with Crippen LogP contribution in [-0.4, -0.2) is 15.2 Å². The van der Waals surface area contributed by atoms with Crippen LogP contribution in [0.25, 0.3) is 0 Å².